The lowest BCUT2D eigenvalue weighted by molar-refractivity contribution is 0.306. The van der Waals surface area contributed by atoms with Crippen molar-refractivity contribution >= 4 is 5.65 Å². The summed E-state index contributed by atoms with van der Waals surface area (Å²) < 4.78 is 35.8. The van der Waals surface area contributed by atoms with Crippen molar-refractivity contribution in [2.75, 3.05) is 0 Å². The number of hydrogen-bond acceptors (Lipinski definition) is 4. The zero-order valence-corrected chi connectivity index (χ0v) is 19.4. The molecule has 0 bridgehead atoms. The van der Waals surface area contributed by atoms with Crippen LogP contribution >= 0.6 is 0 Å². The topological polar surface area (TPSA) is 61.4 Å². The van der Waals surface area contributed by atoms with Crippen LogP contribution in [0, 0.1) is 32.4 Å². The maximum Gasteiger partial charge on any atom is 0.267 e. The third-order valence-electron chi connectivity index (χ3n) is 5.86. The molecule has 0 atom stereocenters. The van der Waals surface area contributed by atoms with Crippen molar-refractivity contribution in [1.82, 2.24) is 19.2 Å². The van der Waals surface area contributed by atoms with Crippen LogP contribution in [-0.4, -0.2) is 19.2 Å². The largest absolute Gasteiger partial charge is 0.485 e. The minimum absolute atomic E-state index is 0.00638. The molecule has 35 heavy (non-hydrogen) atoms. The van der Waals surface area contributed by atoms with Gasteiger partial charge in [0.25, 0.3) is 5.56 Å². The van der Waals surface area contributed by atoms with E-state index in [9.17, 15) is 13.6 Å². The first-order chi connectivity index (χ1) is 16.8. The Bertz CT molecular complexity index is 1640. The second kappa shape index (κ2) is 8.79. The maximum atomic E-state index is 13.5. The summed E-state index contributed by atoms with van der Waals surface area (Å²) in [5, 5.41) is 4.72. The first-order valence-corrected chi connectivity index (χ1v) is 11.0. The average Bonchev–Trinajstić information content (AvgIpc) is 3.21. The summed E-state index contributed by atoms with van der Waals surface area (Å²) in [5.74, 6) is -1.51. The molecule has 0 saturated carbocycles. The molecule has 0 aliphatic rings. The summed E-state index contributed by atoms with van der Waals surface area (Å²) in [6, 6.07) is 16.7. The third kappa shape index (κ3) is 4.07. The fraction of sp³-hybridized carbons (Fsp3) is 0.148. The summed E-state index contributed by atoms with van der Waals surface area (Å²) >= 11 is 0. The van der Waals surface area contributed by atoms with Crippen molar-refractivity contribution in [3.63, 3.8) is 0 Å². The van der Waals surface area contributed by atoms with Crippen LogP contribution in [0.15, 0.2) is 71.7 Å². The zero-order chi connectivity index (χ0) is 24.7. The van der Waals surface area contributed by atoms with E-state index in [2.05, 4.69) is 4.98 Å². The Morgan fingerprint density at radius 1 is 0.943 bits per heavy atom. The molecule has 2 aromatic carbocycles. The van der Waals surface area contributed by atoms with Crippen LogP contribution in [0.5, 0.6) is 5.75 Å². The minimum atomic E-state index is -0.945. The van der Waals surface area contributed by atoms with Crippen molar-refractivity contribution in [3.05, 3.63) is 111 Å². The van der Waals surface area contributed by atoms with Gasteiger partial charge >= 0.3 is 0 Å². The number of pyridine rings is 1. The summed E-state index contributed by atoms with van der Waals surface area (Å²) in [7, 11) is 0. The van der Waals surface area contributed by atoms with E-state index in [0.717, 1.165) is 29.1 Å². The lowest BCUT2D eigenvalue weighted by Gasteiger charge is -2.12. The second-order valence-corrected chi connectivity index (χ2v) is 8.35. The molecule has 5 rings (SSSR count). The van der Waals surface area contributed by atoms with E-state index in [0.29, 0.717) is 33.9 Å². The van der Waals surface area contributed by atoms with Crippen LogP contribution in [0.1, 0.15) is 22.5 Å². The number of ether oxygens (including phenoxy) is 1. The average molecular weight is 472 g/mol. The predicted molar refractivity (Wildman–Crippen MR) is 129 cm³/mol. The van der Waals surface area contributed by atoms with Gasteiger partial charge in [0.1, 0.15) is 12.3 Å². The summed E-state index contributed by atoms with van der Waals surface area (Å²) in [5.41, 5.74) is 4.85. The van der Waals surface area contributed by atoms with E-state index in [1.807, 2.05) is 48.9 Å². The monoisotopic (exact) mass is 472 g/mol. The number of benzene rings is 2. The van der Waals surface area contributed by atoms with Gasteiger partial charge in [-0.1, -0.05) is 24.3 Å². The molecule has 0 fully saturated rings. The SMILES string of the molecule is Cc1ccccc1-n1nc(-c2c(C)nc3c(OCc4ccc(F)c(F)c4)cccn3c2=O)cc1C. The molecule has 6 nitrogen and oxygen atoms in total. The van der Waals surface area contributed by atoms with Crippen LogP contribution in [0.25, 0.3) is 22.6 Å². The molecular formula is C27H22F2N4O2. The van der Waals surface area contributed by atoms with Gasteiger partial charge in [-0.05, 0) is 68.3 Å². The molecule has 0 saturated heterocycles. The molecule has 0 unspecified atom stereocenters. The molecule has 0 aliphatic heterocycles. The number of para-hydroxylation sites is 1. The highest BCUT2D eigenvalue weighted by Crippen LogP contribution is 2.25. The maximum absolute atomic E-state index is 13.5. The summed E-state index contributed by atoms with van der Waals surface area (Å²) in [4.78, 5) is 18.1. The highest BCUT2D eigenvalue weighted by atomic mass is 19.2. The molecule has 0 aliphatic carbocycles. The first kappa shape index (κ1) is 22.5. The Balaban J connectivity index is 1.55. The standard InChI is InChI=1S/C27H22F2N4O2/c1-16-7-4-5-8-23(16)33-17(2)13-22(31-33)25-18(3)30-26-24(9-6-12-32(26)27(25)34)35-15-19-10-11-20(28)21(29)14-19/h4-14H,15H2,1-3H3. The number of fused-ring (bicyclic) bond motifs is 1. The summed E-state index contributed by atoms with van der Waals surface area (Å²) in [6.07, 6.45) is 1.61. The van der Waals surface area contributed by atoms with Gasteiger partial charge in [0.15, 0.2) is 23.0 Å². The lowest BCUT2D eigenvalue weighted by Crippen LogP contribution is -2.19. The van der Waals surface area contributed by atoms with E-state index in [1.165, 1.54) is 10.5 Å². The molecule has 0 spiro atoms. The first-order valence-electron chi connectivity index (χ1n) is 11.0. The van der Waals surface area contributed by atoms with E-state index >= 15 is 0 Å². The molecule has 8 heteroatoms. The van der Waals surface area contributed by atoms with E-state index in [4.69, 9.17) is 9.84 Å². The number of halogens is 2. The number of aromatic nitrogens is 4. The van der Waals surface area contributed by atoms with E-state index in [1.54, 1.807) is 25.3 Å². The molecule has 3 heterocycles. The van der Waals surface area contributed by atoms with Gasteiger partial charge in [0, 0.05) is 11.9 Å². The predicted octanol–water partition coefficient (Wildman–Crippen LogP) is 5.33. The van der Waals surface area contributed by atoms with Crippen molar-refractivity contribution < 1.29 is 13.5 Å². The number of rotatable bonds is 5. The molecule has 3 aromatic heterocycles. The van der Waals surface area contributed by atoms with Crippen molar-refractivity contribution in [1.29, 1.82) is 0 Å². The Hall–Kier alpha value is -4.33. The highest BCUT2D eigenvalue weighted by Gasteiger charge is 2.19. The molecule has 0 radical (unpaired) electrons. The normalized spacial score (nSPS) is 11.2. The van der Waals surface area contributed by atoms with Gasteiger partial charge in [-0.3, -0.25) is 9.20 Å². The van der Waals surface area contributed by atoms with Gasteiger partial charge in [-0.15, -0.1) is 0 Å². The van der Waals surface area contributed by atoms with Crippen molar-refractivity contribution in [2.45, 2.75) is 27.4 Å². The van der Waals surface area contributed by atoms with Gasteiger partial charge in [-0.25, -0.2) is 18.4 Å². The zero-order valence-electron chi connectivity index (χ0n) is 19.4. The number of aryl methyl sites for hydroxylation is 3. The number of nitrogens with zero attached hydrogens (tertiary/aromatic N) is 4. The molecular weight excluding hydrogens is 450 g/mol. The van der Waals surface area contributed by atoms with Gasteiger partial charge in [-0.2, -0.15) is 5.10 Å². The second-order valence-electron chi connectivity index (χ2n) is 8.35. The summed E-state index contributed by atoms with van der Waals surface area (Å²) in [6.45, 7) is 5.70. The van der Waals surface area contributed by atoms with Crippen molar-refractivity contribution in [3.8, 4) is 22.7 Å². The van der Waals surface area contributed by atoms with Crippen LogP contribution in [0.4, 0.5) is 8.78 Å². The van der Waals surface area contributed by atoms with E-state index in [-0.39, 0.29) is 12.2 Å². The molecule has 176 valence electrons. The smallest absolute Gasteiger partial charge is 0.267 e. The third-order valence-corrected chi connectivity index (χ3v) is 5.86. The minimum Gasteiger partial charge on any atom is -0.485 e. The van der Waals surface area contributed by atoms with Crippen LogP contribution < -0.4 is 10.3 Å². The van der Waals surface area contributed by atoms with Gasteiger partial charge in [0.2, 0.25) is 0 Å². The number of hydrogen-bond donors (Lipinski definition) is 0. The Morgan fingerprint density at radius 2 is 1.74 bits per heavy atom. The molecule has 0 amide bonds. The Morgan fingerprint density at radius 3 is 2.51 bits per heavy atom. The van der Waals surface area contributed by atoms with Crippen LogP contribution in [0.2, 0.25) is 0 Å². The molecule has 0 N–H and O–H groups in total. The van der Waals surface area contributed by atoms with Crippen molar-refractivity contribution in [2.24, 2.45) is 0 Å². The fourth-order valence-electron chi connectivity index (χ4n) is 4.08. The lowest BCUT2D eigenvalue weighted by atomic mass is 10.1. The van der Waals surface area contributed by atoms with Gasteiger partial charge < -0.3 is 4.74 Å². The van der Waals surface area contributed by atoms with Crippen LogP contribution in [0.3, 0.4) is 0 Å². The quantitative estimate of drug-likeness (QED) is 0.347. The van der Waals surface area contributed by atoms with Gasteiger partial charge in [0.05, 0.1) is 16.9 Å². The fourth-order valence-corrected chi connectivity index (χ4v) is 4.08. The highest BCUT2D eigenvalue weighted by molar-refractivity contribution is 5.66. The Kier molecular flexibility index (Phi) is 5.64. The molecule has 5 aromatic rings. The Labute approximate surface area is 200 Å². The van der Waals surface area contributed by atoms with Crippen LogP contribution in [-0.2, 0) is 6.61 Å². The van der Waals surface area contributed by atoms with E-state index < -0.39 is 11.6 Å².